The van der Waals surface area contributed by atoms with E-state index < -0.39 is 0 Å². The van der Waals surface area contributed by atoms with E-state index in [-0.39, 0.29) is 0 Å². The van der Waals surface area contributed by atoms with E-state index in [1.165, 1.54) is 0 Å². The normalized spacial score (nSPS) is 10.6. The summed E-state index contributed by atoms with van der Waals surface area (Å²) in [5.74, 6) is 0.889. The molecule has 2 rings (SSSR count). The van der Waals surface area contributed by atoms with Crippen LogP contribution in [0.1, 0.15) is 18.9 Å². The van der Waals surface area contributed by atoms with Gasteiger partial charge in [-0.05, 0) is 25.0 Å². The molecular formula is C14H20N4O. The SMILES string of the molecule is CCOCCCNc1nccn1Cc1cccnc1. The van der Waals surface area contributed by atoms with Gasteiger partial charge in [0.05, 0.1) is 6.54 Å². The van der Waals surface area contributed by atoms with Crippen molar-refractivity contribution in [1.82, 2.24) is 14.5 Å². The monoisotopic (exact) mass is 260 g/mol. The molecule has 0 bridgehead atoms. The highest BCUT2D eigenvalue weighted by molar-refractivity contribution is 5.27. The number of pyridine rings is 1. The topological polar surface area (TPSA) is 52.0 Å². The summed E-state index contributed by atoms with van der Waals surface area (Å²) in [5, 5.41) is 3.32. The fourth-order valence-electron chi connectivity index (χ4n) is 1.81. The van der Waals surface area contributed by atoms with E-state index in [0.29, 0.717) is 0 Å². The summed E-state index contributed by atoms with van der Waals surface area (Å²) < 4.78 is 7.38. The Morgan fingerprint density at radius 2 is 2.32 bits per heavy atom. The lowest BCUT2D eigenvalue weighted by Crippen LogP contribution is -2.11. The average molecular weight is 260 g/mol. The minimum Gasteiger partial charge on any atom is -0.382 e. The number of anilines is 1. The van der Waals surface area contributed by atoms with Crippen LogP contribution in [0.4, 0.5) is 5.95 Å². The molecule has 0 fully saturated rings. The molecule has 0 aliphatic heterocycles. The highest BCUT2D eigenvalue weighted by Crippen LogP contribution is 2.08. The van der Waals surface area contributed by atoms with Crippen LogP contribution in [0.3, 0.4) is 0 Å². The Labute approximate surface area is 113 Å². The van der Waals surface area contributed by atoms with E-state index in [9.17, 15) is 0 Å². The van der Waals surface area contributed by atoms with Crippen LogP contribution in [-0.4, -0.2) is 34.3 Å². The number of nitrogens with zero attached hydrogens (tertiary/aromatic N) is 3. The Bertz CT molecular complexity index is 469. The molecule has 0 radical (unpaired) electrons. The van der Waals surface area contributed by atoms with Gasteiger partial charge in [-0.25, -0.2) is 4.98 Å². The Hall–Kier alpha value is -1.88. The second-order valence-electron chi connectivity index (χ2n) is 4.22. The van der Waals surface area contributed by atoms with Gasteiger partial charge in [0, 0.05) is 44.5 Å². The van der Waals surface area contributed by atoms with Gasteiger partial charge in [-0.1, -0.05) is 6.07 Å². The zero-order valence-corrected chi connectivity index (χ0v) is 11.2. The number of hydrogen-bond acceptors (Lipinski definition) is 4. The number of rotatable bonds is 8. The molecule has 102 valence electrons. The molecule has 0 unspecified atom stereocenters. The van der Waals surface area contributed by atoms with E-state index in [2.05, 4.69) is 25.9 Å². The molecule has 2 aromatic rings. The Kier molecular flexibility index (Phi) is 5.37. The fourth-order valence-corrected chi connectivity index (χ4v) is 1.81. The van der Waals surface area contributed by atoms with Gasteiger partial charge in [-0.2, -0.15) is 0 Å². The van der Waals surface area contributed by atoms with Crippen molar-refractivity contribution < 1.29 is 4.74 Å². The van der Waals surface area contributed by atoms with Crippen LogP contribution in [0.25, 0.3) is 0 Å². The van der Waals surface area contributed by atoms with Gasteiger partial charge in [-0.15, -0.1) is 0 Å². The van der Waals surface area contributed by atoms with Gasteiger partial charge in [0.1, 0.15) is 0 Å². The van der Waals surface area contributed by atoms with Crippen LogP contribution in [0.15, 0.2) is 36.9 Å². The molecular weight excluding hydrogens is 240 g/mol. The van der Waals surface area contributed by atoms with Gasteiger partial charge in [-0.3, -0.25) is 4.98 Å². The minimum atomic E-state index is 0.773. The molecule has 19 heavy (non-hydrogen) atoms. The molecule has 1 N–H and O–H groups in total. The second-order valence-corrected chi connectivity index (χ2v) is 4.22. The lowest BCUT2D eigenvalue weighted by atomic mass is 10.3. The van der Waals surface area contributed by atoms with Crippen molar-refractivity contribution in [2.24, 2.45) is 0 Å². The number of hydrogen-bond donors (Lipinski definition) is 1. The average Bonchev–Trinajstić information content (AvgIpc) is 2.87. The first-order chi connectivity index (χ1) is 9.40. The first kappa shape index (κ1) is 13.5. The van der Waals surface area contributed by atoms with Crippen LogP contribution in [-0.2, 0) is 11.3 Å². The Balaban J connectivity index is 1.84. The first-order valence-corrected chi connectivity index (χ1v) is 6.62. The number of aromatic nitrogens is 3. The molecule has 2 aromatic heterocycles. The Morgan fingerprint density at radius 1 is 1.37 bits per heavy atom. The zero-order chi connectivity index (χ0) is 13.3. The third kappa shape index (κ3) is 4.37. The number of nitrogens with one attached hydrogen (secondary N) is 1. The molecule has 0 atom stereocenters. The van der Waals surface area contributed by atoms with E-state index in [1.807, 2.05) is 25.4 Å². The standard InChI is InChI=1S/C14H20N4O/c1-2-19-10-4-7-16-14-17-8-9-18(14)12-13-5-3-6-15-11-13/h3,5-6,8-9,11H,2,4,7,10,12H2,1H3,(H,16,17). The van der Waals surface area contributed by atoms with Crippen LogP contribution >= 0.6 is 0 Å². The maximum Gasteiger partial charge on any atom is 0.203 e. The van der Waals surface area contributed by atoms with Crippen LogP contribution in [0, 0.1) is 0 Å². The molecule has 2 heterocycles. The molecule has 0 aromatic carbocycles. The molecule has 0 amide bonds. The van der Waals surface area contributed by atoms with Crippen molar-refractivity contribution in [3.8, 4) is 0 Å². The predicted molar refractivity (Wildman–Crippen MR) is 75.2 cm³/mol. The fraction of sp³-hybridized carbons (Fsp3) is 0.429. The summed E-state index contributed by atoms with van der Waals surface area (Å²) in [6.45, 7) is 5.21. The largest absolute Gasteiger partial charge is 0.382 e. The molecule has 0 spiro atoms. The van der Waals surface area contributed by atoms with Crippen LogP contribution < -0.4 is 5.32 Å². The van der Waals surface area contributed by atoms with E-state index in [1.54, 1.807) is 12.4 Å². The summed E-state index contributed by atoms with van der Waals surface area (Å²) in [6, 6.07) is 4.01. The summed E-state index contributed by atoms with van der Waals surface area (Å²) in [4.78, 5) is 8.44. The first-order valence-electron chi connectivity index (χ1n) is 6.62. The van der Waals surface area contributed by atoms with E-state index in [4.69, 9.17) is 4.74 Å². The Morgan fingerprint density at radius 3 is 3.11 bits per heavy atom. The van der Waals surface area contributed by atoms with Gasteiger partial charge in [0.2, 0.25) is 5.95 Å². The quantitative estimate of drug-likeness (QED) is 0.739. The minimum absolute atomic E-state index is 0.773. The third-order valence-corrected chi connectivity index (χ3v) is 2.74. The number of ether oxygens (including phenoxy) is 1. The summed E-state index contributed by atoms with van der Waals surface area (Å²) in [7, 11) is 0. The predicted octanol–water partition coefficient (Wildman–Crippen LogP) is 2.16. The highest BCUT2D eigenvalue weighted by Gasteiger charge is 2.02. The van der Waals surface area contributed by atoms with E-state index in [0.717, 1.165) is 44.2 Å². The zero-order valence-electron chi connectivity index (χ0n) is 11.2. The summed E-state index contributed by atoms with van der Waals surface area (Å²) >= 11 is 0. The van der Waals surface area contributed by atoms with Crippen molar-refractivity contribution >= 4 is 5.95 Å². The molecule has 0 aliphatic carbocycles. The molecule has 0 saturated carbocycles. The highest BCUT2D eigenvalue weighted by atomic mass is 16.5. The van der Waals surface area contributed by atoms with Crippen LogP contribution in [0.2, 0.25) is 0 Å². The van der Waals surface area contributed by atoms with Crippen molar-refractivity contribution in [2.45, 2.75) is 19.9 Å². The molecule has 0 aliphatic rings. The summed E-state index contributed by atoms with van der Waals surface area (Å²) in [6.07, 6.45) is 8.41. The smallest absolute Gasteiger partial charge is 0.203 e. The van der Waals surface area contributed by atoms with Gasteiger partial charge >= 0.3 is 0 Å². The van der Waals surface area contributed by atoms with Gasteiger partial charge in [0.25, 0.3) is 0 Å². The van der Waals surface area contributed by atoms with Crippen molar-refractivity contribution in [2.75, 3.05) is 25.1 Å². The number of imidazole rings is 1. The molecule has 5 nitrogen and oxygen atoms in total. The maximum atomic E-state index is 5.30. The third-order valence-electron chi connectivity index (χ3n) is 2.74. The van der Waals surface area contributed by atoms with Crippen molar-refractivity contribution in [1.29, 1.82) is 0 Å². The van der Waals surface area contributed by atoms with Crippen molar-refractivity contribution in [3.63, 3.8) is 0 Å². The van der Waals surface area contributed by atoms with Gasteiger partial charge < -0.3 is 14.6 Å². The lowest BCUT2D eigenvalue weighted by Gasteiger charge is -2.09. The van der Waals surface area contributed by atoms with Crippen LogP contribution in [0.5, 0.6) is 0 Å². The maximum absolute atomic E-state index is 5.30. The molecule has 5 heteroatoms. The summed E-state index contributed by atoms with van der Waals surface area (Å²) in [5.41, 5.74) is 1.16. The lowest BCUT2D eigenvalue weighted by molar-refractivity contribution is 0.147. The molecule has 0 saturated heterocycles. The van der Waals surface area contributed by atoms with E-state index >= 15 is 0 Å². The van der Waals surface area contributed by atoms with Crippen molar-refractivity contribution in [3.05, 3.63) is 42.5 Å². The van der Waals surface area contributed by atoms with Gasteiger partial charge in [0.15, 0.2) is 0 Å². The second kappa shape index (κ2) is 7.53.